The van der Waals surface area contributed by atoms with Gasteiger partial charge in [0.25, 0.3) is 0 Å². The second kappa shape index (κ2) is 6.99. The first-order valence-corrected chi connectivity index (χ1v) is 7.77. The molecule has 24 heavy (non-hydrogen) atoms. The molecule has 2 amide bonds. The Morgan fingerprint density at radius 2 is 2.12 bits per heavy atom. The van der Waals surface area contributed by atoms with Gasteiger partial charge in [-0.05, 0) is 18.9 Å². The van der Waals surface area contributed by atoms with E-state index in [1.165, 1.54) is 0 Å². The molecule has 124 valence electrons. The highest BCUT2D eigenvalue weighted by Gasteiger charge is 2.17. The number of benzene rings is 1. The molecule has 3 N–H and O–H groups in total. The van der Waals surface area contributed by atoms with Gasteiger partial charge in [-0.15, -0.1) is 0 Å². The SMILES string of the molecule is CCC(NC(=O)Nc1cc(C)on1)c1ncc(-c2ccccc2)[nH]1. The Morgan fingerprint density at radius 1 is 1.33 bits per heavy atom. The zero-order valence-corrected chi connectivity index (χ0v) is 13.5. The molecule has 0 aliphatic rings. The first-order valence-electron chi connectivity index (χ1n) is 7.77. The molecule has 1 aromatic carbocycles. The molecule has 1 atom stereocenters. The van der Waals surface area contributed by atoms with E-state index in [2.05, 4.69) is 25.8 Å². The van der Waals surface area contributed by atoms with Crippen LogP contribution >= 0.6 is 0 Å². The third-order valence-electron chi connectivity index (χ3n) is 3.59. The summed E-state index contributed by atoms with van der Waals surface area (Å²) in [6, 6.07) is 11.0. The van der Waals surface area contributed by atoms with Crippen LogP contribution in [0.3, 0.4) is 0 Å². The lowest BCUT2D eigenvalue weighted by atomic mass is 10.2. The average Bonchev–Trinajstić information content (AvgIpc) is 3.23. The van der Waals surface area contributed by atoms with Crippen LogP contribution in [0.5, 0.6) is 0 Å². The van der Waals surface area contributed by atoms with Crippen LogP contribution in [-0.4, -0.2) is 21.2 Å². The lowest BCUT2D eigenvalue weighted by molar-refractivity contribution is 0.247. The largest absolute Gasteiger partial charge is 0.360 e. The molecule has 0 spiro atoms. The molecular weight excluding hydrogens is 306 g/mol. The number of nitrogens with zero attached hydrogens (tertiary/aromatic N) is 2. The second-order valence-electron chi connectivity index (χ2n) is 5.43. The van der Waals surface area contributed by atoms with Gasteiger partial charge in [0.05, 0.1) is 17.9 Å². The van der Waals surface area contributed by atoms with Crippen LogP contribution in [0.25, 0.3) is 11.3 Å². The van der Waals surface area contributed by atoms with Gasteiger partial charge in [0.2, 0.25) is 0 Å². The predicted molar refractivity (Wildman–Crippen MR) is 90.5 cm³/mol. The number of nitrogens with one attached hydrogen (secondary N) is 3. The molecule has 0 aliphatic carbocycles. The van der Waals surface area contributed by atoms with Crippen molar-refractivity contribution in [1.82, 2.24) is 20.4 Å². The number of aromatic nitrogens is 3. The van der Waals surface area contributed by atoms with Gasteiger partial charge in [-0.2, -0.15) is 0 Å². The van der Waals surface area contributed by atoms with Crippen LogP contribution in [-0.2, 0) is 0 Å². The number of aromatic amines is 1. The topological polar surface area (TPSA) is 95.8 Å². The first-order chi connectivity index (χ1) is 11.7. The number of hydrogen-bond donors (Lipinski definition) is 3. The van der Waals surface area contributed by atoms with Gasteiger partial charge in [0, 0.05) is 6.07 Å². The summed E-state index contributed by atoms with van der Waals surface area (Å²) in [7, 11) is 0. The fourth-order valence-electron chi connectivity index (χ4n) is 2.38. The Labute approximate surface area is 139 Å². The Hall–Kier alpha value is -3.09. The van der Waals surface area contributed by atoms with Gasteiger partial charge in [0.15, 0.2) is 5.82 Å². The maximum Gasteiger partial charge on any atom is 0.321 e. The summed E-state index contributed by atoms with van der Waals surface area (Å²) < 4.78 is 4.92. The minimum atomic E-state index is -0.354. The minimum absolute atomic E-state index is 0.226. The third kappa shape index (κ3) is 3.62. The van der Waals surface area contributed by atoms with Crippen molar-refractivity contribution >= 4 is 11.8 Å². The van der Waals surface area contributed by atoms with Crippen LogP contribution in [0.1, 0.15) is 31.0 Å². The molecule has 7 nitrogen and oxygen atoms in total. The van der Waals surface area contributed by atoms with Gasteiger partial charge in [-0.3, -0.25) is 5.32 Å². The van der Waals surface area contributed by atoms with Crippen LogP contribution < -0.4 is 10.6 Å². The van der Waals surface area contributed by atoms with Gasteiger partial charge in [-0.25, -0.2) is 9.78 Å². The molecular formula is C17H19N5O2. The molecule has 7 heteroatoms. The van der Waals surface area contributed by atoms with Crippen molar-refractivity contribution in [3.8, 4) is 11.3 Å². The molecule has 3 aromatic rings. The maximum absolute atomic E-state index is 12.1. The van der Waals surface area contributed by atoms with E-state index in [0.717, 1.165) is 11.3 Å². The number of imidazole rings is 1. The Morgan fingerprint density at radius 3 is 2.79 bits per heavy atom. The van der Waals surface area contributed by atoms with Crippen molar-refractivity contribution in [3.63, 3.8) is 0 Å². The van der Waals surface area contributed by atoms with Crippen LogP contribution in [0, 0.1) is 6.92 Å². The highest BCUT2D eigenvalue weighted by Crippen LogP contribution is 2.20. The molecule has 2 heterocycles. The van der Waals surface area contributed by atoms with E-state index in [4.69, 9.17) is 4.52 Å². The van der Waals surface area contributed by atoms with E-state index in [1.54, 1.807) is 19.2 Å². The zero-order valence-electron chi connectivity index (χ0n) is 13.5. The summed E-state index contributed by atoms with van der Waals surface area (Å²) in [5.74, 6) is 1.72. The van der Waals surface area contributed by atoms with Crippen molar-refractivity contribution < 1.29 is 9.32 Å². The average molecular weight is 325 g/mol. The minimum Gasteiger partial charge on any atom is -0.360 e. The van der Waals surface area contributed by atoms with E-state index >= 15 is 0 Å². The number of hydrogen-bond acceptors (Lipinski definition) is 4. The van der Waals surface area contributed by atoms with Crippen molar-refractivity contribution in [1.29, 1.82) is 0 Å². The smallest absolute Gasteiger partial charge is 0.321 e. The molecule has 1 unspecified atom stereocenters. The summed E-state index contributed by atoms with van der Waals surface area (Å²) in [5, 5.41) is 9.25. The molecule has 0 fully saturated rings. The third-order valence-corrected chi connectivity index (χ3v) is 3.59. The number of amides is 2. The van der Waals surface area contributed by atoms with Crippen LogP contribution in [0.2, 0.25) is 0 Å². The van der Waals surface area contributed by atoms with E-state index in [9.17, 15) is 4.79 Å². The quantitative estimate of drug-likeness (QED) is 0.667. The van der Waals surface area contributed by atoms with Crippen molar-refractivity contribution in [2.75, 3.05) is 5.32 Å². The summed E-state index contributed by atoms with van der Waals surface area (Å²) in [6.07, 6.45) is 2.47. The summed E-state index contributed by atoms with van der Waals surface area (Å²) in [4.78, 5) is 19.8. The van der Waals surface area contributed by atoms with Gasteiger partial charge in [-0.1, -0.05) is 42.4 Å². The lowest BCUT2D eigenvalue weighted by Gasteiger charge is -2.14. The highest BCUT2D eigenvalue weighted by molar-refractivity contribution is 5.88. The molecule has 3 rings (SSSR count). The number of H-pyrrole nitrogens is 1. The molecule has 0 radical (unpaired) electrons. The van der Waals surface area contributed by atoms with Gasteiger partial charge in [0.1, 0.15) is 11.6 Å². The number of anilines is 1. The molecule has 0 aliphatic heterocycles. The number of carbonyl (C=O) groups excluding carboxylic acids is 1. The zero-order chi connectivity index (χ0) is 16.9. The van der Waals surface area contributed by atoms with Crippen molar-refractivity contribution in [2.45, 2.75) is 26.3 Å². The van der Waals surface area contributed by atoms with E-state index in [0.29, 0.717) is 23.8 Å². The summed E-state index contributed by atoms with van der Waals surface area (Å²) >= 11 is 0. The van der Waals surface area contributed by atoms with E-state index in [-0.39, 0.29) is 12.1 Å². The number of aryl methyl sites for hydroxylation is 1. The van der Waals surface area contributed by atoms with E-state index < -0.39 is 0 Å². The maximum atomic E-state index is 12.1. The monoisotopic (exact) mass is 325 g/mol. The van der Waals surface area contributed by atoms with Gasteiger partial charge < -0.3 is 14.8 Å². The van der Waals surface area contributed by atoms with Crippen molar-refractivity contribution in [3.05, 3.63) is 54.2 Å². The predicted octanol–water partition coefficient (Wildman–Crippen LogP) is 3.65. The summed E-state index contributed by atoms with van der Waals surface area (Å²) in [6.45, 7) is 3.74. The normalized spacial score (nSPS) is 11.9. The molecule has 0 saturated carbocycles. The number of rotatable bonds is 5. The molecule has 2 aromatic heterocycles. The lowest BCUT2D eigenvalue weighted by Crippen LogP contribution is -2.33. The summed E-state index contributed by atoms with van der Waals surface area (Å²) in [5.41, 5.74) is 1.96. The molecule has 0 bridgehead atoms. The Kier molecular flexibility index (Phi) is 4.60. The van der Waals surface area contributed by atoms with Crippen molar-refractivity contribution in [2.24, 2.45) is 0 Å². The number of carbonyl (C=O) groups is 1. The highest BCUT2D eigenvalue weighted by atomic mass is 16.5. The Bertz CT molecular complexity index is 809. The van der Waals surface area contributed by atoms with Crippen LogP contribution in [0.15, 0.2) is 47.1 Å². The Balaban J connectivity index is 1.68. The van der Waals surface area contributed by atoms with Gasteiger partial charge >= 0.3 is 6.03 Å². The number of urea groups is 1. The van der Waals surface area contributed by atoms with E-state index in [1.807, 2.05) is 37.3 Å². The second-order valence-corrected chi connectivity index (χ2v) is 5.43. The first kappa shape index (κ1) is 15.8. The molecule has 0 saturated heterocycles. The fraction of sp³-hybridized carbons (Fsp3) is 0.235. The van der Waals surface area contributed by atoms with Crippen LogP contribution in [0.4, 0.5) is 10.6 Å². The standard InChI is InChI=1S/C17H19N5O2/c1-3-13(20-17(23)21-15-9-11(2)24-22-15)16-18-10-14(19-16)12-7-5-4-6-8-12/h4-10,13H,3H2,1-2H3,(H,18,19)(H2,20,21,22,23). The fourth-order valence-corrected chi connectivity index (χ4v) is 2.38.